The van der Waals surface area contributed by atoms with Gasteiger partial charge in [0.2, 0.25) is 5.91 Å². The van der Waals surface area contributed by atoms with Crippen molar-refractivity contribution in [3.63, 3.8) is 0 Å². The van der Waals surface area contributed by atoms with Crippen molar-refractivity contribution in [3.8, 4) is 11.5 Å². The summed E-state index contributed by atoms with van der Waals surface area (Å²) in [5, 5.41) is 1.35. The molecule has 4 heteroatoms. The number of hydrogen-bond acceptors (Lipinski definition) is 3. The number of primary amides is 1. The van der Waals surface area contributed by atoms with Gasteiger partial charge in [-0.1, -0.05) is 12.1 Å². The van der Waals surface area contributed by atoms with Gasteiger partial charge >= 0.3 is 0 Å². The lowest BCUT2D eigenvalue weighted by atomic mass is 9.96. The van der Waals surface area contributed by atoms with Crippen molar-refractivity contribution in [2.75, 3.05) is 0 Å². The van der Waals surface area contributed by atoms with Crippen molar-refractivity contribution in [2.24, 2.45) is 5.73 Å². The Kier molecular flexibility index (Phi) is 1.78. The van der Waals surface area contributed by atoms with Gasteiger partial charge in [0.25, 0.3) is 0 Å². The van der Waals surface area contributed by atoms with E-state index in [0.717, 1.165) is 28.7 Å². The molecule has 17 heavy (non-hydrogen) atoms. The van der Waals surface area contributed by atoms with E-state index in [0.29, 0.717) is 16.5 Å². The average molecular weight is 227 g/mol. The maximum Gasteiger partial charge on any atom is 0.249 e. The maximum absolute atomic E-state index is 11.4. The minimum Gasteiger partial charge on any atom is -0.449 e. The van der Waals surface area contributed by atoms with Gasteiger partial charge < -0.3 is 10.5 Å². The zero-order chi connectivity index (χ0) is 12.2. The van der Waals surface area contributed by atoms with E-state index in [4.69, 9.17) is 10.5 Å². The summed E-state index contributed by atoms with van der Waals surface area (Å²) in [6, 6.07) is 5.17. The predicted octanol–water partition coefficient (Wildman–Crippen LogP) is 2.17. The lowest BCUT2D eigenvalue weighted by Crippen LogP contribution is -2.12. The van der Waals surface area contributed by atoms with Crippen LogP contribution in [0.1, 0.15) is 26.3 Å². The second-order valence-electron chi connectivity index (χ2n) is 4.01. The van der Waals surface area contributed by atoms with Crippen molar-refractivity contribution in [2.45, 2.75) is 6.92 Å². The second-order valence-corrected chi connectivity index (χ2v) is 4.01. The standard InChI is InChI=1S/C13H9NO3/c1-6-9(5-15)10-7(12-11(6)17-12)3-2-4-8(10)13(14)16/h2-5H,1H3,(H2,14,16). The number of aldehydes is 1. The number of carbonyl (C=O) groups excluding carboxylic acids is 2. The van der Waals surface area contributed by atoms with Crippen LogP contribution in [0.2, 0.25) is 0 Å². The molecule has 0 saturated heterocycles. The van der Waals surface area contributed by atoms with E-state index in [9.17, 15) is 9.59 Å². The first-order chi connectivity index (χ1) is 8.15. The molecule has 2 aromatic rings. The molecule has 0 aromatic heterocycles. The van der Waals surface area contributed by atoms with Crippen molar-refractivity contribution < 1.29 is 14.3 Å². The van der Waals surface area contributed by atoms with Crippen LogP contribution < -0.4 is 10.5 Å². The van der Waals surface area contributed by atoms with Crippen molar-refractivity contribution in [1.29, 1.82) is 0 Å². The maximum atomic E-state index is 11.4. The van der Waals surface area contributed by atoms with E-state index in [2.05, 4.69) is 0 Å². The van der Waals surface area contributed by atoms with E-state index < -0.39 is 5.91 Å². The van der Waals surface area contributed by atoms with Gasteiger partial charge in [-0.15, -0.1) is 0 Å². The van der Waals surface area contributed by atoms with Gasteiger partial charge in [0, 0.05) is 27.5 Å². The summed E-state index contributed by atoms with van der Waals surface area (Å²) in [4.78, 5) is 22.6. The fourth-order valence-corrected chi connectivity index (χ4v) is 2.19. The number of amides is 1. The summed E-state index contributed by atoms with van der Waals surface area (Å²) >= 11 is 0. The first-order valence-electron chi connectivity index (χ1n) is 5.17. The van der Waals surface area contributed by atoms with Crippen LogP contribution >= 0.6 is 0 Å². The van der Waals surface area contributed by atoms with Crippen LogP contribution in [0.5, 0.6) is 11.5 Å². The summed E-state index contributed by atoms with van der Waals surface area (Å²) in [7, 11) is 0. The Morgan fingerprint density at radius 2 is 2.12 bits per heavy atom. The third-order valence-corrected chi connectivity index (χ3v) is 3.08. The van der Waals surface area contributed by atoms with E-state index in [1.54, 1.807) is 19.1 Å². The Bertz CT molecular complexity index is 689. The fraction of sp³-hybridized carbons (Fsp3) is 0.0769. The Morgan fingerprint density at radius 3 is 2.76 bits per heavy atom. The van der Waals surface area contributed by atoms with Crippen LogP contribution in [-0.2, 0) is 0 Å². The molecule has 84 valence electrons. The number of nitrogens with two attached hydrogens (primary N) is 1. The van der Waals surface area contributed by atoms with Crippen LogP contribution in [0.25, 0.3) is 10.8 Å². The normalized spacial score (nSPS) is 11.8. The van der Waals surface area contributed by atoms with Crippen molar-refractivity contribution in [1.82, 2.24) is 0 Å². The number of fused-ring (bicyclic) bond motifs is 3. The van der Waals surface area contributed by atoms with Crippen molar-refractivity contribution >= 4 is 23.0 Å². The van der Waals surface area contributed by atoms with E-state index >= 15 is 0 Å². The van der Waals surface area contributed by atoms with Crippen LogP contribution in [0.3, 0.4) is 0 Å². The highest BCUT2D eigenvalue weighted by Gasteiger charge is 2.30. The Balaban J connectivity index is 2.55. The smallest absolute Gasteiger partial charge is 0.249 e. The highest BCUT2D eigenvalue weighted by atomic mass is 16.6. The summed E-state index contributed by atoms with van der Waals surface area (Å²) in [5.41, 5.74) is 6.92. The Labute approximate surface area is 97.0 Å². The third kappa shape index (κ3) is 1.18. The third-order valence-electron chi connectivity index (χ3n) is 3.08. The number of carbonyl (C=O) groups is 2. The fourth-order valence-electron chi connectivity index (χ4n) is 2.19. The molecule has 2 N–H and O–H groups in total. The minimum absolute atomic E-state index is 0.353. The molecule has 0 aliphatic carbocycles. The summed E-state index contributed by atoms with van der Waals surface area (Å²) in [6.45, 7) is 1.80. The quantitative estimate of drug-likeness (QED) is 0.538. The molecular formula is C13H9NO3. The van der Waals surface area contributed by atoms with Gasteiger partial charge in [-0.3, -0.25) is 9.59 Å². The molecule has 0 unspecified atom stereocenters. The lowest BCUT2D eigenvalue weighted by Gasteiger charge is -2.05. The molecule has 4 nitrogen and oxygen atoms in total. The number of ether oxygens (including phenoxy) is 1. The molecular weight excluding hydrogens is 218 g/mol. The van der Waals surface area contributed by atoms with Crippen LogP contribution in [0, 0.1) is 6.92 Å². The van der Waals surface area contributed by atoms with Crippen LogP contribution in [-0.4, -0.2) is 12.2 Å². The SMILES string of the molecule is Cc1c2c(c3cccc(C(N)=O)c3c1C=O)O2. The minimum atomic E-state index is -0.543. The van der Waals surface area contributed by atoms with Gasteiger partial charge in [-0.2, -0.15) is 0 Å². The first-order valence-corrected chi connectivity index (χ1v) is 5.17. The topological polar surface area (TPSA) is 72.7 Å². The molecule has 0 saturated carbocycles. The monoisotopic (exact) mass is 227 g/mol. The summed E-state index contributed by atoms with van der Waals surface area (Å²) < 4.78 is 5.35. The molecule has 0 atom stereocenters. The van der Waals surface area contributed by atoms with Gasteiger partial charge in [-0.05, 0) is 13.0 Å². The zero-order valence-corrected chi connectivity index (χ0v) is 9.11. The molecule has 0 spiro atoms. The second kappa shape index (κ2) is 3.07. The molecule has 0 fully saturated rings. The number of rotatable bonds is 2. The molecule has 1 aliphatic heterocycles. The average Bonchev–Trinajstić information content (AvgIpc) is 3.09. The molecule has 3 rings (SSSR count). The summed E-state index contributed by atoms with van der Waals surface area (Å²) in [6.07, 6.45) is 0.742. The van der Waals surface area contributed by atoms with Crippen LogP contribution in [0.4, 0.5) is 0 Å². The van der Waals surface area contributed by atoms with E-state index in [-0.39, 0.29) is 0 Å². The summed E-state index contributed by atoms with van der Waals surface area (Å²) in [5.74, 6) is 0.936. The molecule has 1 heterocycles. The molecule has 0 bridgehead atoms. The van der Waals surface area contributed by atoms with Crippen LogP contribution in [0.15, 0.2) is 18.2 Å². The lowest BCUT2D eigenvalue weighted by molar-refractivity contribution is 0.100. The van der Waals surface area contributed by atoms with Gasteiger partial charge in [0.05, 0.1) is 0 Å². The molecule has 0 radical (unpaired) electrons. The highest BCUT2D eigenvalue weighted by molar-refractivity contribution is 6.16. The largest absolute Gasteiger partial charge is 0.449 e. The number of benzene rings is 2. The zero-order valence-electron chi connectivity index (χ0n) is 9.11. The highest BCUT2D eigenvalue weighted by Crippen LogP contribution is 2.54. The van der Waals surface area contributed by atoms with Gasteiger partial charge in [0.1, 0.15) is 0 Å². The number of hydrogen-bond donors (Lipinski definition) is 1. The molecule has 2 aromatic carbocycles. The van der Waals surface area contributed by atoms with Gasteiger partial charge in [0.15, 0.2) is 17.8 Å². The molecule has 1 amide bonds. The Hall–Kier alpha value is -2.36. The Morgan fingerprint density at radius 1 is 1.35 bits per heavy atom. The van der Waals surface area contributed by atoms with Crippen molar-refractivity contribution in [3.05, 3.63) is 34.9 Å². The van der Waals surface area contributed by atoms with E-state index in [1.165, 1.54) is 0 Å². The predicted molar refractivity (Wildman–Crippen MR) is 62.7 cm³/mol. The first kappa shape index (κ1) is 9.84. The molecule has 1 aliphatic rings. The van der Waals surface area contributed by atoms with Gasteiger partial charge in [-0.25, -0.2) is 0 Å². The van der Waals surface area contributed by atoms with E-state index in [1.807, 2.05) is 6.07 Å².